The SMILES string of the molecule is CCN(c1nc(F)ccc1NC(C)(C)C)C1CCN(c2cc3cc(N)ccc3[nH]2)C(=C=O)C1. The summed E-state index contributed by atoms with van der Waals surface area (Å²) in [6, 6.07) is 10.8. The number of benzene rings is 1. The van der Waals surface area contributed by atoms with Crippen molar-refractivity contribution in [1.82, 2.24) is 9.97 Å². The van der Waals surface area contributed by atoms with Gasteiger partial charge >= 0.3 is 0 Å². The van der Waals surface area contributed by atoms with Crippen LogP contribution in [-0.4, -0.2) is 40.6 Å². The minimum Gasteiger partial charge on any atom is -0.399 e. The highest BCUT2D eigenvalue weighted by Gasteiger charge is 2.31. The van der Waals surface area contributed by atoms with Crippen LogP contribution in [0.3, 0.4) is 0 Å². The molecule has 1 aliphatic rings. The number of halogens is 1. The molecular formula is C25H31FN6O. The summed E-state index contributed by atoms with van der Waals surface area (Å²) in [7, 11) is 0. The number of hydrogen-bond donors (Lipinski definition) is 3. The van der Waals surface area contributed by atoms with Gasteiger partial charge in [0.05, 0.1) is 5.69 Å². The number of H-pyrrole nitrogens is 1. The van der Waals surface area contributed by atoms with Crippen LogP contribution in [0.2, 0.25) is 0 Å². The molecule has 0 saturated carbocycles. The molecule has 1 aliphatic heterocycles. The molecule has 3 heterocycles. The van der Waals surface area contributed by atoms with E-state index in [1.54, 1.807) is 6.07 Å². The number of carbonyl (C=O) groups excluding carboxylic acids is 1. The first-order valence-corrected chi connectivity index (χ1v) is 11.3. The molecule has 4 rings (SSSR count). The van der Waals surface area contributed by atoms with Crippen molar-refractivity contribution in [3.05, 3.63) is 48.0 Å². The molecule has 1 aromatic carbocycles. The second-order valence-electron chi connectivity index (χ2n) is 9.51. The molecule has 1 unspecified atom stereocenters. The third-order valence-electron chi connectivity index (χ3n) is 5.88. The van der Waals surface area contributed by atoms with Gasteiger partial charge in [0.25, 0.3) is 0 Å². The van der Waals surface area contributed by atoms with Crippen molar-refractivity contribution < 1.29 is 9.18 Å². The Bertz CT molecular complexity index is 1210. The molecular weight excluding hydrogens is 419 g/mol. The Kier molecular flexibility index (Phi) is 6.04. The zero-order valence-corrected chi connectivity index (χ0v) is 19.6. The first-order chi connectivity index (χ1) is 15.7. The molecule has 3 aromatic rings. The van der Waals surface area contributed by atoms with Crippen LogP contribution in [0.4, 0.5) is 27.4 Å². The number of piperidine rings is 1. The Balaban J connectivity index is 1.61. The molecule has 1 saturated heterocycles. The largest absolute Gasteiger partial charge is 0.399 e. The standard InChI is InChI=1S/C25H31FN6O/c1-5-31(24-21(30-25(2,3)4)8-9-22(26)29-24)18-10-11-32(19(14-18)15-33)23-13-16-12-17(27)6-7-20(16)28-23/h6-9,12-13,18,28,30H,5,10-11,14,27H2,1-4H3. The average Bonchev–Trinajstić information content (AvgIpc) is 3.18. The summed E-state index contributed by atoms with van der Waals surface area (Å²) in [5.74, 6) is 3.03. The smallest absolute Gasteiger partial charge is 0.214 e. The Morgan fingerprint density at radius 3 is 2.79 bits per heavy atom. The van der Waals surface area contributed by atoms with Crippen LogP contribution < -0.4 is 20.9 Å². The first kappa shape index (κ1) is 22.7. The van der Waals surface area contributed by atoms with Crippen LogP contribution >= 0.6 is 0 Å². The summed E-state index contributed by atoms with van der Waals surface area (Å²) >= 11 is 0. The summed E-state index contributed by atoms with van der Waals surface area (Å²) in [5, 5.41) is 4.42. The van der Waals surface area contributed by atoms with Gasteiger partial charge in [0.15, 0.2) is 5.82 Å². The lowest BCUT2D eigenvalue weighted by Gasteiger charge is -2.40. The van der Waals surface area contributed by atoms with Gasteiger partial charge in [0.1, 0.15) is 17.5 Å². The van der Waals surface area contributed by atoms with E-state index in [9.17, 15) is 9.18 Å². The average molecular weight is 451 g/mol. The van der Waals surface area contributed by atoms with Crippen molar-refractivity contribution in [3.63, 3.8) is 0 Å². The predicted octanol–water partition coefficient (Wildman–Crippen LogP) is 4.71. The van der Waals surface area contributed by atoms with Crippen molar-refractivity contribution in [2.24, 2.45) is 0 Å². The molecule has 2 aromatic heterocycles. The van der Waals surface area contributed by atoms with Crippen LogP contribution in [0, 0.1) is 5.95 Å². The van der Waals surface area contributed by atoms with E-state index in [1.165, 1.54) is 6.07 Å². The number of hydrogen-bond acceptors (Lipinski definition) is 6. The Hall–Kier alpha value is -3.51. The Morgan fingerprint density at radius 1 is 1.30 bits per heavy atom. The molecule has 4 N–H and O–H groups in total. The second kappa shape index (κ2) is 8.79. The third-order valence-corrected chi connectivity index (χ3v) is 5.88. The second-order valence-corrected chi connectivity index (χ2v) is 9.51. The highest BCUT2D eigenvalue weighted by Crippen LogP contribution is 2.35. The molecule has 7 nitrogen and oxygen atoms in total. The summed E-state index contributed by atoms with van der Waals surface area (Å²) in [5.41, 5.74) is 8.70. The van der Waals surface area contributed by atoms with Crippen molar-refractivity contribution in [3.8, 4) is 0 Å². The van der Waals surface area contributed by atoms with E-state index < -0.39 is 5.95 Å². The molecule has 0 aliphatic carbocycles. The molecule has 0 spiro atoms. The zero-order valence-electron chi connectivity index (χ0n) is 19.6. The van der Waals surface area contributed by atoms with Crippen LogP contribution in [0.5, 0.6) is 0 Å². The molecule has 1 atom stereocenters. The first-order valence-electron chi connectivity index (χ1n) is 11.3. The number of anilines is 4. The van der Waals surface area contributed by atoms with Crippen molar-refractivity contribution in [2.45, 2.75) is 52.1 Å². The van der Waals surface area contributed by atoms with Gasteiger partial charge in [-0.15, -0.1) is 0 Å². The van der Waals surface area contributed by atoms with Gasteiger partial charge in [-0.05, 0) is 70.5 Å². The molecule has 8 heteroatoms. The number of aromatic amines is 1. The lowest BCUT2D eigenvalue weighted by Crippen LogP contribution is -2.45. The van der Waals surface area contributed by atoms with Gasteiger partial charge in [-0.1, -0.05) is 0 Å². The van der Waals surface area contributed by atoms with E-state index in [1.807, 2.05) is 36.1 Å². The molecule has 33 heavy (non-hydrogen) atoms. The minimum atomic E-state index is -0.524. The lowest BCUT2D eigenvalue weighted by atomic mass is 9.99. The van der Waals surface area contributed by atoms with Gasteiger partial charge < -0.3 is 25.8 Å². The molecule has 1 fully saturated rings. The molecule has 0 amide bonds. The van der Waals surface area contributed by atoms with Crippen molar-refractivity contribution in [2.75, 3.05) is 33.9 Å². The highest BCUT2D eigenvalue weighted by atomic mass is 19.1. The number of fused-ring (bicyclic) bond motifs is 1. The fraction of sp³-hybridized carbons (Fsp3) is 0.400. The maximum atomic E-state index is 14.1. The number of rotatable bonds is 5. The van der Waals surface area contributed by atoms with Crippen molar-refractivity contribution in [1.29, 1.82) is 0 Å². The van der Waals surface area contributed by atoms with Gasteiger partial charge in [0, 0.05) is 47.7 Å². The predicted molar refractivity (Wildman–Crippen MR) is 133 cm³/mol. The highest BCUT2D eigenvalue weighted by molar-refractivity contribution is 5.87. The number of nitrogens with zero attached hydrogens (tertiary/aromatic N) is 3. The summed E-state index contributed by atoms with van der Waals surface area (Å²) in [6.07, 6.45) is 1.27. The van der Waals surface area contributed by atoms with Crippen LogP contribution in [0.15, 0.2) is 42.1 Å². The number of nitrogen functional groups attached to an aromatic ring is 1. The number of pyridine rings is 1. The summed E-state index contributed by atoms with van der Waals surface area (Å²) in [6.45, 7) is 9.44. The summed E-state index contributed by atoms with van der Waals surface area (Å²) in [4.78, 5) is 23.6. The van der Waals surface area contributed by atoms with Crippen molar-refractivity contribution >= 4 is 39.9 Å². The fourth-order valence-electron chi connectivity index (χ4n) is 4.49. The van der Waals surface area contributed by atoms with E-state index in [0.717, 1.165) is 28.8 Å². The maximum Gasteiger partial charge on any atom is 0.214 e. The molecule has 0 bridgehead atoms. The summed E-state index contributed by atoms with van der Waals surface area (Å²) < 4.78 is 14.1. The molecule has 0 radical (unpaired) electrons. The normalized spacial score (nSPS) is 16.7. The van der Waals surface area contributed by atoms with Gasteiger partial charge in [-0.2, -0.15) is 4.39 Å². The van der Waals surface area contributed by atoms with E-state index in [0.29, 0.717) is 36.7 Å². The third kappa shape index (κ3) is 4.81. The Morgan fingerprint density at radius 2 is 2.09 bits per heavy atom. The van der Waals surface area contributed by atoms with Crippen LogP contribution in [0.25, 0.3) is 10.9 Å². The fourth-order valence-corrected chi connectivity index (χ4v) is 4.49. The van der Waals surface area contributed by atoms with Crippen LogP contribution in [0.1, 0.15) is 40.5 Å². The maximum absolute atomic E-state index is 14.1. The monoisotopic (exact) mass is 450 g/mol. The van der Waals surface area contributed by atoms with Gasteiger partial charge in [-0.3, -0.25) is 0 Å². The quantitative estimate of drug-likeness (QED) is 0.296. The Labute approximate surface area is 193 Å². The number of nitrogens with one attached hydrogen (secondary N) is 2. The van der Waals surface area contributed by atoms with Gasteiger partial charge in [0.2, 0.25) is 5.95 Å². The van der Waals surface area contributed by atoms with E-state index in [-0.39, 0.29) is 11.6 Å². The molecule has 174 valence electrons. The minimum absolute atomic E-state index is 0.00228. The number of nitrogens with two attached hydrogens (primary N) is 1. The van der Waals surface area contributed by atoms with E-state index in [4.69, 9.17) is 5.73 Å². The van der Waals surface area contributed by atoms with E-state index >= 15 is 0 Å². The van der Waals surface area contributed by atoms with Crippen LogP contribution in [-0.2, 0) is 4.79 Å². The zero-order chi connectivity index (χ0) is 23.8. The van der Waals surface area contributed by atoms with E-state index in [2.05, 4.69) is 46.9 Å². The van der Waals surface area contributed by atoms with Gasteiger partial charge in [-0.25, -0.2) is 9.78 Å². The lowest BCUT2D eigenvalue weighted by molar-refractivity contribution is 0.495. The number of aromatic nitrogens is 2. The topological polar surface area (TPSA) is 90.3 Å².